The van der Waals surface area contributed by atoms with Crippen LogP contribution in [0.1, 0.15) is 33.4 Å². The fourth-order valence-electron chi connectivity index (χ4n) is 3.79. The van der Waals surface area contributed by atoms with Crippen LogP contribution in [-0.4, -0.2) is 16.8 Å². The topological polar surface area (TPSA) is 46.3 Å². The van der Waals surface area contributed by atoms with Gasteiger partial charge in [0.05, 0.1) is 6.04 Å². The van der Waals surface area contributed by atoms with E-state index >= 15 is 0 Å². The molecule has 3 aromatic carbocycles. The van der Waals surface area contributed by atoms with Gasteiger partial charge in [-0.15, -0.1) is 0 Å². The molecule has 0 aromatic heterocycles. The number of benzene rings is 3. The zero-order chi connectivity index (χ0) is 22.0. The first-order valence-corrected chi connectivity index (χ1v) is 11.0. The van der Waals surface area contributed by atoms with Crippen molar-refractivity contribution in [3.8, 4) is 0 Å². The van der Waals surface area contributed by atoms with Crippen LogP contribution in [0.2, 0.25) is 10.0 Å². The first kappa shape index (κ1) is 21.6. The first-order valence-electron chi connectivity index (χ1n) is 10.2. The van der Waals surface area contributed by atoms with Crippen molar-refractivity contribution in [3.63, 3.8) is 0 Å². The maximum atomic E-state index is 12.9. The molecule has 2 N–H and O–H groups in total. The van der Waals surface area contributed by atoms with Gasteiger partial charge in [0, 0.05) is 23.1 Å². The number of carbonyl (C=O) groups is 1. The summed E-state index contributed by atoms with van der Waals surface area (Å²) in [6.45, 7) is 3.23. The molecule has 0 unspecified atom stereocenters. The summed E-state index contributed by atoms with van der Waals surface area (Å²) in [6.07, 6.45) is 4.58. The van der Waals surface area contributed by atoms with E-state index < -0.39 is 6.04 Å². The molecule has 0 fully saturated rings. The van der Waals surface area contributed by atoms with E-state index in [1.807, 2.05) is 11.0 Å². The van der Waals surface area contributed by atoms with Gasteiger partial charge in [0.25, 0.3) is 0 Å². The third kappa shape index (κ3) is 5.19. The average Bonchev–Trinajstić information content (AvgIpc) is 3.18. The van der Waals surface area contributed by atoms with Gasteiger partial charge in [-0.3, -0.25) is 4.79 Å². The monoisotopic (exact) mass is 450 g/mol. The fraction of sp³-hybridized carbons (Fsp3) is 0.192. The summed E-state index contributed by atoms with van der Waals surface area (Å²) in [5.41, 5.74) is 12.9. The minimum Gasteiger partial charge on any atom is -0.333 e. The highest BCUT2D eigenvalue weighted by Gasteiger charge is 2.27. The molecule has 4 rings (SSSR count). The third-order valence-corrected chi connectivity index (χ3v) is 6.17. The molecule has 0 radical (unpaired) electrons. The van der Waals surface area contributed by atoms with Gasteiger partial charge in [-0.2, -0.15) is 0 Å². The summed E-state index contributed by atoms with van der Waals surface area (Å²) in [5, 5.41) is 1.10. The SMILES string of the molecule is Cc1ccc(C=Cc2ccc3c(c2)CN(C(=O)[C@H](N)Cc2ccc(Cl)cc2Cl)C3)cc1. The highest BCUT2D eigenvalue weighted by molar-refractivity contribution is 6.35. The van der Waals surface area contributed by atoms with E-state index in [0.29, 0.717) is 29.6 Å². The van der Waals surface area contributed by atoms with Crippen molar-refractivity contribution < 1.29 is 4.79 Å². The molecule has 3 nitrogen and oxygen atoms in total. The molecular weight excluding hydrogens is 427 g/mol. The molecular formula is C26H24Cl2N2O. The Kier molecular flexibility index (Phi) is 6.47. The van der Waals surface area contributed by atoms with Gasteiger partial charge in [-0.25, -0.2) is 0 Å². The Morgan fingerprint density at radius 1 is 0.968 bits per heavy atom. The van der Waals surface area contributed by atoms with Gasteiger partial charge >= 0.3 is 0 Å². The maximum Gasteiger partial charge on any atom is 0.240 e. The lowest BCUT2D eigenvalue weighted by molar-refractivity contribution is -0.133. The summed E-state index contributed by atoms with van der Waals surface area (Å²) in [7, 11) is 0. The molecule has 31 heavy (non-hydrogen) atoms. The number of aryl methyl sites for hydroxylation is 1. The lowest BCUT2D eigenvalue weighted by Crippen LogP contribution is -2.42. The van der Waals surface area contributed by atoms with Crippen LogP contribution >= 0.6 is 23.2 Å². The van der Waals surface area contributed by atoms with E-state index in [4.69, 9.17) is 28.9 Å². The summed E-state index contributed by atoms with van der Waals surface area (Å²) in [6, 6.07) is 19.4. The normalized spacial score (nSPS) is 14.1. The van der Waals surface area contributed by atoms with E-state index in [1.54, 1.807) is 12.1 Å². The molecule has 5 heteroatoms. The minimum absolute atomic E-state index is 0.0704. The molecule has 3 aromatic rings. The van der Waals surface area contributed by atoms with Crippen molar-refractivity contribution >= 4 is 41.3 Å². The van der Waals surface area contributed by atoms with Gasteiger partial charge in [0.1, 0.15) is 0 Å². The van der Waals surface area contributed by atoms with Crippen molar-refractivity contribution in [2.45, 2.75) is 32.5 Å². The molecule has 1 aliphatic rings. The van der Waals surface area contributed by atoms with Gasteiger partial charge in [0.15, 0.2) is 0 Å². The second-order valence-electron chi connectivity index (χ2n) is 8.01. The Labute approximate surface area is 193 Å². The predicted molar refractivity (Wildman–Crippen MR) is 129 cm³/mol. The van der Waals surface area contributed by atoms with Crippen LogP contribution in [0.3, 0.4) is 0 Å². The molecule has 158 valence electrons. The zero-order valence-corrected chi connectivity index (χ0v) is 18.8. The standard InChI is InChI=1S/C26H24Cl2N2O/c1-17-2-4-18(5-3-17)6-7-19-8-9-21-15-30(16-22(21)12-19)26(31)25(29)13-20-10-11-23(27)14-24(20)28/h2-12,14,25H,13,15-16,29H2,1H3/t25-/m1/s1. The lowest BCUT2D eigenvalue weighted by atomic mass is 10.1. The summed E-state index contributed by atoms with van der Waals surface area (Å²) in [4.78, 5) is 14.7. The number of hydrogen-bond acceptors (Lipinski definition) is 2. The second-order valence-corrected chi connectivity index (χ2v) is 8.86. The molecule has 0 bridgehead atoms. The number of nitrogens with two attached hydrogens (primary N) is 1. The molecule has 1 heterocycles. The predicted octanol–water partition coefficient (Wildman–Crippen LogP) is 5.88. The molecule has 0 spiro atoms. The highest BCUT2D eigenvalue weighted by atomic mass is 35.5. The zero-order valence-electron chi connectivity index (χ0n) is 17.3. The van der Waals surface area contributed by atoms with Crippen LogP contribution in [0.5, 0.6) is 0 Å². The van der Waals surface area contributed by atoms with Crippen molar-refractivity contribution in [1.82, 2.24) is 4.90 Å². The molecule has 0 saturated heterocycles. The van der Waals surface area contributed by atoms with Crippen LogP contribution in [0.25, 0.3) is 12.2 Å². The quantitative estimate of drug-likeness (QED) is 0.492. The molecule has 0 aliphatic carbocycles. The number of hydrogen-bond donors (Lipinski definition) is 1. The van der Waals surface area contributed by atoms with Crippen LogP contribution in [0, 0.1) is 6.92 Å². The summed E-state index contributed by atoms with van der Waals surface area (Å²) in [5.74, 6) is -0.0704. The largest absolute Gasteiger partial charge is 0.333 e. The Bertz CT molecular complexity index is 1140. The van der Waals surface area contributed by atoms with Crippen LogP contribution in [0.4, 0.5) is 0 Å². The van der Waals surface area contributed by atoms with Gasteiger partial charge in [-0.1, -0.05) is 83.4 Å². The third-order valence-electron chi connectivity index (χ3n) is 5.58. The number of carbonyl (C=O) groups excluding carboxylic acids is 1. The second kappa shape index (κ2) is 9.27. The average molecular weight is 451 g/mol. The number of amides is 1. The fourth-order valence-corrected chi connectivity index (χ4v) is 4.28. The smallest absolute Gasteiger partial charge is 0.240 e. The van der Waals surface area contributed by atoms with E-state index in [0.717, 1.165) is 27.8 Å². The Hall–Kier alpha value is -2.59. The summed E-state index contributed by atoms with van der Waals surface area (Å²) >= 11 is 12.2. The van der Waals surface area contributed by atoms with Crippen molar-refractivity contribution in [2.24, 2.45) is 5.73 Å². The lowest BCUT2D eigenvalue weighted by Gasteiger charge is -2.20. The molecule has 1 aliphatic heterocycles. The highest BCUT2D eigenvalue weighted by Crippen LogP contribution is 2.27. The Morgan fingerprint density at radius 3 is 2.39 bits per heavy atom. The van der Waals surface area contributed by atoms with E-state index in [-0.39, 0.29) is 5.91 Å². The van der Waals surface area contributed by atoms with E-state index in [2.05, 4.69) is 61.5 Å². The van der Waals surface area contributed by atoms with E-state index in [1.165, 1.54) is 5.56 Å². The van der Waals surface area contributed by atoms with Gasteiger partial charge in [-0.05, 0) is 59.4 Å². The van der Waals surface area contributed by atoms with Gasteiger partial charge < -0.3 is 10.6 Å². The van der Waals surface area contributed by atoms with E-state index in [9.17, 15) is 4.79 Å². The van der Waals surface area contributed by atoms with Crippen molar-refractivity contribution in [3.05, 3.63) is 104 Å². The Balaban J connectivity index is 1.41. The Morgan fingerprint density at radius 2 is 1.65 bits per heavy atom. The number of rotatable bonds is 5. The molecule has 1 amide bonds. The number of halogens is 2. The van der Waals surface area contributed by atoms with Crippen molar-refractivity contribution in [1.29, 1.82) is 0 Å². The minimum atomic E-state index is -0.645. The van der Waals surface area contributed by atoms with Crippen molar-refractivity contribution in [2.75, 3.05) is 0 Å². The maximum absolute atomic E-state index is 12.9. The van der Waals surface area contributed by atoms with Crippen LogP contribution in [0.15, 0.2) is 60.7 Å². The van der Waals surface area contributed by atoms with Crippen LogP contribution in [-0.2, 0) is 24.3 Å². The summed E-state index contributed by atoms with van der Waals surface area (Å²) < 4.78 is 0. The number of fused-ring (bicyclic) bond motifs is 1. The van der Waals surface area contributed by atoms with Crippen LogP contribution < -0.4 is 5.73 Å². The molecule has 0 saturated carbocycles. The molecule has 1 atom stereocenters. The van der Waals surface area contributed by atoms with Gasteiger partial charge in [0.2, 0.25) is 5.91 Å². The first-order chi connectivity index (χ1) is 14.9. The number of nitrogens with zero attached hydrogens (tertiary/aromatic N) is 1.